The number of imide groups is 1. The smallest absolute Gasteiger partial charge is 0.329 e. The Morgan fingerprint density at radius 2 is 2.11 bits per heavy atom. The largest absolute Gasteiger partial charge is 0.378 e. The fourth-order valence-electron chi connectivity index (χ4n) is 2.33. The summed E-state index contributed by atoms with van der Waals surface area (Å²) in [5.41, 5.74) is -0.664. The molecule has 2 heterocycles. The van der Waals surface area contributed by atoms with Crippen molar-refractivity contribution in [2.75, 3.05) is 18.1 Å². The molecule has 2 fully saturated rings. The van der Waals surface area contributed by atoms with Crippen molar-refractivity contribution in [3.05, 3.63) is 28.2 Å². The molecule has 3 rings (SSSR count). The summed E-state index contributed by atoms with van der Waals surface area (Å²) in [7, 11) is 0. The van der Waals surface area contributed by atoms with Crippen LogP contribution in [0.2, 0.25) is 10.0 Å². The van der Waals surface area contributed by atoms with Gasteiger partial charge in [-0.15, -0.1) is 0 Å². The molecular weight excluding hydrogens is 291 g/mol. The van der Waals surface area contributed by atoms with Gasteiger partial charge in [-0.25, -0.2) is 9.69 Å². The summed E-state index contributed by atoms with van der Waals surface area (Å²) in [4.78, 5) is 25.5. The molecule has 1 spiro atoms. The van der Waals surface area contributed by atoms with Gasteiger partial charge in [-0.3, -0.25) is 4.79 Å². The number of hydrogen-bond donors (Lipinski definition) is 1. The van der Waals surface area contributed by atoms with Crippen molar-refractivity contribution in [2.45, 2.75) is 12.0 Å². The van der Waals surface area contributed by atoms with Gasteiger partial charge in [0.05, 0.1) is 17.3 Å². The molecule has 100 valence electrons. The molecule has 3 amide bonds. The van der Waals surface area contributed by atoms with E-state index in [4.69, 9.17) is 27.9 Å². The number of anilines is 1. The van der Waals surface area contributed by atoms with E-state index in [0.717, 1.165) is 4.90 Å². The molecule has 2 aliphatic rings. The lowest BCUT2D eigenvalue weighted by Crippen LogP contribution is -2.47. The molecule has 1 atom stereocenters. The second-order valence-corrected chi connectivity index (χ2v) is 5.39. The number of nitrogens with one attached hydrogen (secondary N) is 1. The van der Waals surface area contributed by atoms with Gasteiger partial charge in [-0.05, 0) is 18.2 Å². The molecule has 7 heteroatoms. The number of carbonyl (C=O) groups excluding carboxylic acids is 2. The second-order valence-electron chi connectivity index (χ2n) is 4.55. The first-order valence-electron chi connectivity index (χ1n) is 5.73. The summed E-state index contributed by atoms with van der Waals surface area (Å²) in [6, 6.07) is 4.14. The number of carbonyl (C=O) groups is 2. The van der Waals surface area contributed by atoms with Crippen molar-refractivity contribution < 1.29 is 14.3 Å². The topological polar surface area (TPSA) is 58.6 Å². The zero-order valence-corrected chi connectivity index (χ0v) is 11.3. The Kier molecular flexibility index (Phi) is 2.92. The Balaban J connectivity index is 2.03. The molecule has 2 saturated heterocycles. The van der Waals surface area contributed by atoms with Crippen LogP contribution in [-0.4, -0.2) is 30.7 Å². The van der Waals surface area contributed by atoms with Crippen LogP contribution in [0.1, 0.15) is 6.42 Å². The second kappa shape index (κ2) is 4.37. The number of nitrogens with zero attached hydrogens (tertiary/aromatic N) is 1. The molecular formula is C12H10Cl2N2O3. The van der Waals surface area contributed by atoms with Crippen LogP contribution in [0.25, 0.3) is 0 Å². The fourth-order valence-corrected chi connectivity index (χ4v) is 2.70. The lowest BCUT2D eigenvalue weighted by Gasteiger charge is -2.19. The predicted octanol–water partition coefficient (Wildman–Crippen LogP) is 2.21. The van der Waals surface area contributed by atoms with Crippen LogP contribution < -0.4 is 10.2 Å². The first-order valence-corrected chi connectivity index (χ1v) is 6.49. The van der Waals surface area contributed by atoms with E-state index in [1.807, 2.05) is 0 Å². The number of benzene rings is 1. The van der Waals surface area contributed by atoms with Crippen LogP contribution in [-0.2, 0) is 9.53 Å². The zero-order valence-electron chi connectivity index (χ0n) is 9.78. The normalized spacial score (nSPS) is 26.3. The highest BCUT2D eigenvalue weighted by Gasteiger charge is 2.54. The van der Waals surface area contributed by atoms with Crippen molar-refractivity contribution in [1.82, 2.24) is 5.32 Å². The molecule has 0 aliphatic carbocycles. The van der Waals surface area contributed by atoms with Gasteiger partial charge >= 0.3 is 6.03 Å². The third kappa shape index (κ3) is 1.89. The molecule has 1 aromatic carbocycles. The van der Waals surface area contributed by atoms with Gasteiger partial charge in [0.25, 0.3) is 5.91 Å². The molecule has 1 aromatic rings. The Morgan fingerprint density at radius 3 is 2.79 bits per heavy atom. The van der Waals surface area contributed by atoms with E-state index in [2.05, 4.69) is 5.32 Å². The Labute approximate surface area is 119 Å². The van der Waals surface area contributed by atoms with E-state index in [0.29, 0.717) is 28.8 Å². The summed E-state index contributed by atoms with van der Waals surface area (Å²) in [6.07, 6.45) is 0.465. The number of halogens is 2. The summed E-state index contributed by atoms with van der Waals surface area (Å²) < 4.78 is 5.22. The van der Waals surface area contributed by atoms with Crippen LogP contribution >= 0.6 is 23.2 Å². The maximum absolute atomic E-state index is 12.5. The van der Waals surface area contributed by atoms with E-state index < -0.39 is 11.6 Å². The summed E-state index contributed by atoms with van der Waals surface area (Å²) in [5.74, 6) is -0.348. The lowest BCUT2D eigenvalue weighted by atomic mass is 9.99. The van der Waals surface area contributed by atoms with Gasteiger partial charge in [0.1, 0.15) is 5.54 Å². The minimum absolute atomic E-state index is 0.187. The summed E-state index contributed by atoms with van der Waals surface area (Å²) in [5, 5.41) is 3.39. The molecule has 19 heavy (non-hydrogen) atoms. The third-order valence-electron chi connectivity index (χ3n) is 3.33. The van der Waals surface area contributed by atoms with Crippen molar-refractivity contribution >= 4 is 40.8 Å². The van der Waals surface area contributed by atoms with Gasteiger partial charge in [0, 0.05) is 18.1 Å². The van der Waals surface area contributed by atoms with Gasteiger partial charge in [-0.2, -0.15) is 0 Å². The maximum Gasteiger partial charge on any atom is 0.329 e. The zero-order chi connectivity index (χ0) is 13.6. The Morgan fingerprint density at radius 1 is 1.32 bits per heavy atom. The SMILES string of the molecule is O=C1NC2(CCOC2)C(=O)N1c1cc(Cl)ccc1Cl. The van der Waals surface area contributed by atoms with E-state index >= 15 is 0 Å². The van der Waals surface area contributed by atoms with E-state index in [1.54, 1.807) is 12.1 Å². The van der Waals surface area contributed by atoms with Crippen molar-refractivity contribution in [2.24, 2.45) is 0 Å². The highest BCUT2D eigenvalue weighted by Crippen LogP contribution is 2.35. The fraction of sp³-hybridized carbons (Fsp3) is 0.333. The molecule has 0 radical (unpaired) electrons. The predicted molar refractivity (Wildman–Crippen MR) is 70.6 cm³/mol. The van der Waals surface area contributed by atoms with Crippen LogP contribution in [0.15, 0.2) is 18.2 Å². The summed E-state index contributed by atoms with van der Waals surface area (Å²) in [6.45, 7) is 0.634. The highest BCUT2D eigenvalue weighted by molar-refractivity contribution is 6.38. The minimum atomic E-state index is -0.956. The number of ether oxygens (including phenoxy) is 1. The average molecular weight is 301 g/mol. The molecule has 1 N–H and O–H groups in total. The number of hydrogen-bond acceptors (Lipinski definition) is 3. The highest BCUT2D eigenvalue weighted by atomic mass is 35.5. The molecule has 1 unspecified atom stereocenters. The van der Waals surface area contributed by atoms with Gasteiger partial charge in [0.2, 0.25) is 0 Å². The maximum atomic E-state index is 12.5. The third-order valence-corrected chi connectivity index (χ3v) is 3.89. The molecule has 0 bridgehead atoms. The van der Waals surface area contributed by atoms with Crippen molar-refractivity contribution in [3.8, 4) is 0 Å². The molecule has 2 aliphatic heterocycles. The number of amides is 3. The van der Waals surface area contributed by atoms with Crippen LogP contribution in [0.4, 0.5) is 10.5 Å². The number of rotatable bonds is 1. The first kappa shape index (κ1) is 12.7. The average Bonchev–Trinajstić information content (AvgIpc) is 2.91. The lowest BCUT2D eigenvalue weighted by molar-refractivity contribution is -0.122. The quantitative estimate of drug-likeness (QED) is 0.809. The minimum Gasteiger partial charge on any atom is -0.378 e. The molecule has 5 nitrogen and oxygen atoms in total. The Hall–Kier alpha value is -1.30. The monoisotopic (exact) mass is 300 g/mol. The van der Waals surface area contributed by atoms with Crippen LogP contribution in [0.3, 0.4) is 0 Å². The molecule has 0 aromatic heterocycles. The van der Waals surface area contributed by atoms with E-state index in [-0.39, 0.29) is 12.5 Å². The first-order chi connectivity index (χ1) is 9.03. The Bertz CT molecular complexity index is 570. The van der Waals surface area contributed by atoms with Crippen molar-refractivity contribution in [1.29, 1.82) is 0 Å². The van der Waals surface area contributed by atoms with Gasteiger partial charge < -0.3 is 10.1 Å². The van der Waals surface area contributed by atoms with Gasteiger partial charge in [0.15, 0.2) is 0 Å². The standard InChI is InChI=1S/C12H10Cl2N2O3/c13-7-1-2-8(14)9(5-7)16-10(17)12(15-11(16)18)3-4-19-6-12/h1-2,5H,3-4,6H2,(H,15,18). The molecule has 0 saturated carbocycles. The number of urea groups is 1. The van der Waals surface area contributed by atoms with E-state index in [9.17, 15) is 9.59 Å². The summed E-state index contributed by atoms with van der Waals surface area (Å²) >= 11 is 11.9. The van der Waals surface area contributed by atoms with Crippen LogP contribution in [0, 0.1) is 0 Å². The van der Waals surface area contributed by atoms with Crippen LogP contribution in [0.5, 0.6) is 0 Å². The van der Waals surface area contributed by atoms with Crippen molar-refractivity contribution in [3.63, 3.8) is 0 Å². The van der Waals surface area contributed by atoms with E-state index in [1.165, 1.54) is 6.07 Å². The van der Waals surface area contributed by atoms with Gasteiger partial charge in [-0.1, -0.05) is 23.2 Å².